The molecule has 0 aromatic heterocycles. The first-order chi connectivity index (χ1) is 10.6. The Balaban J connectivity index is 2.14. The van der Waals surface area contributed by atoms with E-state index in [1.54, 1.807) is 18.2 Å². The summed E-state index contributed by atoms with van der Waals surface area (Å²) in [5, 5.41) is 0. The van der Waals surface area contributed by atoms with E-state index in [9.17, 15) is 9.59 Å². The smallest absolute Gasteiger partial charge is 0.330 e. The summed E-state index contributed by atoms with van der Waals surface area (Å²) >= 11 is 0. The van der Waals surface area contributed by atoms with E-state index < -0.39 is 5.97 Å². The number of carbonyl (C=O) groups excluding carboxylic acids is 2. The standard InChI is InChI=1S/C18H16O4/c1-13-12-15(22-14-6-4-3-5-7-14)8-9-16(13)17(19)10-11-18(20)21-2/h3-12H,1-2H3/b11-10+. The third kappa shape index (κ3) is 4.06. The number of hydrogen-bond acceptors (Lipinski definition) is 4. The van der Waals surface area contributed by atoms with Gasteiger partial charge in [-0.2, -0.15) is 0 Å². The highest BCUT2D eigenvalue weighted by atomic mass is 16.5. The molecule has 0 N–H and O–H groups in total. The summed E-state index contributed by atoms with van der Waals surface area (Å²) in [6, 6.07) is 14.6. The Morgan fingerprint density at radius 1 is 0.955 bits per heavy atom. The minimum atomic E-state index is -0.560. The Bertz CT molecular complexity index is 702. The SMILES string of the molecule is COC(=O)/C=C/C(=O)c1ccc(Oc2ccccc2)cc1C. The maximum atomic E-state index is 12.0. The number of rotatable bonds is 5. The number of allylic oxidation sites excluding steroid dienone is 1. The normalized spacial score (nSPS) is 10.5. The number of ketones is 1. The van der Waals surface area contributed by atoms with Crippen molar-refractivity contribution in [1.29, 1.82) is 0 Å². The van der Waals surface area contributed by atoms with E-state index in [2.05, 4.69) is 4.74 Å². The number of methoxy groups -OCH3 is 1. The molecule has 0 heterocycles. The molecular formula is C18H16O4. The van der Waals surface area contributed by atoms with Crippen LogP contribution < -0.4 is 4.74 Å². The van der Waals surface area contributed by atoms with Gasteiger partial charge in [-0.3, -0.25) is 4.79 Å². The number of aryl methyl sites for hydroxylation is 1. The lowest BCUT2D eigenvalue weighted by Crippen LogP contribution is -2.01. The fourth-order valence-corrected chi connectivity index (χ4v) is 1.90. The van der Waals surface area contributed by atoms with Crippen LogP contribution in [0.4, 0.5) is 0 Å². The third-order valence-corrected chi connectivity index (χ3v) is 3.01. The van der Waals surface area contributed by atoms with Crippen LogP contribution in [-0.2, 0) is 9.53 Å². The van der Waals surface area contributed by atoms with Gasteiger partial charge in [0.1, 0.15) is 11.5 Å². The van der Waals surface area contributed by atoms with Crippen LogP contribution in [0.1, 0.15) is 15.9 Å². The highest BCUT2D eigenvalue weighted by Crippen LogP contribution is 2.23. The number of carbonyl (C=O) groups is 2. The van der Waals surface area contributed by atoms with Gasteiger partial charge in [0.15, 0.2) is 5.78 Å². The van der Waals surface area contributed by atoms with Crippen LogP contribution in [0.15, 0.2) is 60.7 Å². The Labute approximate surface area is 129 Å². The van der Waals surface area contributed by atoms with Crippen molar-refractivity contribution >= 4 is 11.8 Å². The molecular weight excluding hydrogens is 280 g/mol. The first kappa shape index (κ1) is 15.5. The Kier molecular flexibility index (Phi) is 5.09. The third-order valence-electron chi connectivity index (χ3n) is 3.01. The van der Waals surface area contributed by atoms with E-state index in [1.807, 2.05) is 37.3 Å². The first-order valence-electron chi connectivity index (χ1n) is 6.74. The maximum absolute atomic E-state index is 12.0. The van der Waals surface area contributed by atoms with Gasteiger partial charge in [0.05, 0.1) is 7.11 Å². The minimum Gasteiger partial charge on any atom is -0.466 e. The molecule has 112 valence electrons. The quantitative estimate of drug-likeness (QED) is 0.479. The molecule has 0 fully saturated rings. The molecule has 4 nitrogen and oxygen atoms in total. The molecule has 2 aromatic carbocycles. The van der Waals surface area contributed by atoms with Gasteiger partial charge in [-0.1, -0.05) is 18.2 Å². The molecule has 2 rings (SSSR count). The Morgan fingerprint density at radius 2 is 1.68 bits per heavy atom. The van der Waals surface area contributed by atoms with Crippen molar-refractivity contribution in [3.63, 3.8) is 0 Å². The van der Waals surface area contributed by atoms with Crippen LogP contribution in [0.3, 0.4) is 0 Å². The fraction of sp³-hybridized carbons (Fsp3) is 0.111. The second kappa shape index (κ2) is 7.22. The first-order valence-corrected chi connectivity index (χ1v) is 6.74. The van der Waals surface area contributed by atoms with Crippen LogP contribution >= 0.6 is 0 Å². The number of ether oxygens (including phenoxy) is 2. The van der Waals surface area contributed by atoms with Crippen molar-refractivity contribution in [2.24, 2.45) is 0 Å². The molecule has 0 aliphatic rings. The minimum absolute atomic E-state index is 0.255. The summed E-state index contributed by atoms with van der Waals surface area (Å²) in [6.07, 6.45) is 2.31. The lowest BCUT2D eigenvalue weighted by molar-refractivity contribution is -0.134. The van der Waals surface area contributed by atoms with Crippen LogP contribution in [0.2, 0.25) is 0 Å². The van der Waals surface area contributed by atoms with E-state index in [-0.39, 0.29) is 5.78 Å². The van der Waals surface area contributed by atoms with Gasteiger partial charge in [-0.15, -0.1) is 0 Å². The van der Waals surface area contributed by atoms with E-state index in [0.717, 1.165) is 17.4 Å². The van der Waals surface area contributed by atoms with Gasteiger partial charge in [-0.25, -0.2) is 4.79 Å². The molecule has 0 aliphatic heterocycles. The molecule has 0 saturated heterocycles. The van der Waals surface area contributed by atoms with E-state index in [4.69, 9.17) is 4.74 Å². The summed E-state index contributed by atoms with van der Waals surface area (Å²) < 4.78 is 10.2. The highest BCUT2D eigenvalue weighted by molar-refractivity contribution is 6.07. The molecule has 0 atom stereocenters. The van der Waals surface area contributed by atoms with Crippen LogP contribution in [0.25, 0.3) is 0 Å². The van der Waals surface area contributed by atoms with Crippen LogP contribution in [0, 0.1) is 6.92 Å². The molecule has 0 bridgehead atoms. The van der Waals surface area contributed by atoms with Crippen molar-refractivity contribution in [3.05, 3.63) is 71.8 Å². The zero-order valence-corrected chi connectivity index (χ0v) is 12.4. The molecule has 0 radical (unpaired) electrons. The van der Waals surface area contributed by atoms with E-state index >= 15 is 0 Å². The van der Waals surface area contributed by atoms with Crippen molar-refractivity contribution in [2.45, 2.75) is 6.92 Å². The summed E-state index contributed by atoms with van der Waals surface area (Å²) in [5.41, 5.74) is 1.29. The monoisotopic (exact) mass is 296 g/mol. The molecule has 4 heteroatoms. The second-order valence-electron chi connectivity index (χ2n) is 4.61. The highest BCUT2D eigenvalue weighted by Gasteiger charge is 2.08. The fourth-order valence-electron chi connectivity index (χ4n) is 1.90. The van der Waals surface area contributed by atoms with E-state index in [1.165, 1.54) is 13.2 Å². The summed E-state index contributed by atoms with van der Waals surface area (Å²) in [7, 11) is 1.26. The molecule has 0 aliphatic carbocycles. The summed E-state index contributed by atoms with van der Waals surface area (Å²) in [6.45, 7) is 1.82. The average Bonchev–Trinajstić information content (AvgIpc) is 2.53. The predicted octanol–water partition coefficient (Wildman–Crippen LogP) is 3.70. The van der Waals surface area contributed by atoms with Crippen LogP contribution in [-0.4, -0.2) is 18.9 Å². The zero-order valence-electron chi connectivity index (χ0n) is 12.4. The predicted molar refractivity (Wildman–Crippen MR) is 83.2 cm³/mol. The zero-order chi connectivity index (χ0) is 15.9. The summed E-state index contributed by atoms with van der Waals surface area (Å²) in [5.74, 6) is 0.563. The van der Waals surface area contributed by atoms with Crippen molar-refractivity contribution in [3.8, 4) is 11.5 Å². The second-order valence-corrected chi connectivity index (χ2v) is 4.61. The van der Waals surface area contributed by atoms with Gasteiger partial charge in [0.2, 0.25) is 0 Å². The Hall–Kier alpha value is -2.88. The topological polar surface area (TPSA) is 52.6 Å². The molecule has 0 spiro atoms. The van der Waals surface area contributed by atoms with Crippen molar-refractivity contribution in [2.75, 3.05) is 7.11 Å². The van der Waals surface area contributed by atoms with Crippen molar-refractivity contribution < 1.29 is 19.1 Å². The van der Waals surface area contributed by atoms with Gasteiger partial charge in [0, 0.05) is 11.6 Å². The van der Waals surface area contributed by atoms with Gasteiger partial charge in [0.25, 0.3) is 0 Å². The molecule has 0 amide bonds. The number of hydrogen-bond donors (Lipinski definition) is 0. The number of esters is 1. The number of benzene rings is 2. The molecule has 0 saturated carbocycles. The Morgan fingerprint density at radius 3 is 2.32 bits per heavy atom. The maximum Gasteiger partial charge on any atom is 0.330 e. The van der Waals surface area contributed by atoms with E-state index in [0.29, 0.717) is 11.3 Å². The van der Waals surface area contributed by atoms with Crippen LogP contribution in [0.5, 0.6) is 11.5 Å². The molecule has 22 heavy (non-hydrogen) atoms. The lowest BCUT2D eigenvalue weighted by atomic mass is 10.0. The summed E-state index contributed by atoms with van der Waals surface area (Å²) in [4.78, 5) is 23.0. The average molecular weight is 296 g/mol. The number of para-hydroxylation sites is 1. The largest absolute Gasteiger partial charge is 0.466 e. The molecule has 0 unspecified atom stereocenters. The van der Waals surface area contributed by atoms with Gasteiger partial charge >= 0.3 is 5.97 Å². The lowest BCUT2D eigenvalue weighted by Gasteiger charge is -2.08. The van der Waals surface area contributed by atoms with Crippen molar-refractivity contribution in [1.82, 2.24) is 0 Å². The van der Waals surface area contributed by atoms with Gasteiger partial charge < -0.3 is 9.47 Å². The molecule has 2 aromatic rings. The van der Waals surface area contributed by atoms with Gasteiger partial charge in [-0.05, 0) is 48.9 Å².